The maximum absolute atomic E-state index is 13.1. The number of thiophene rings is 1. The highest BCUT2D eigenvalue weighted by molar-refractivity contribution is 7.18. The van der Waals surface area contributed by atoms with Crippen molar-refractivity contribution in [1.29, 1.82) is 0 Å². The third-order valence-corrected chi connectivity index (χ3v) is 4.66. The van der Waals surface area contributed by atoms with E-state index in [1.807, 2.05) is 13.0 Å². The van der Waals surface area contributed by atoms with E-state index >= 15 is 0 Å². The van der Waals surface area contributed by atoms with Crippen LogP contribution >= 0.6 is 11.3 Å². The molecule has 1 atom stereocenters. The molecule has 3 N–H and O–H groups in total. The predicted molar refractivity (Wildman–Crippen MR) is 94.5 cm³/mol. The SMILES string of the molecule is Cc1cc2c(Nc3cc[nH]n3)nc(C(O)c3ccc(F)cc3)nc2s1. The van der Waals surface area contributed by atoms with E-state index in [1.165, 1.54) is 35.6 Å². The van der Waals surface area contributed by atoms with E-state index in [0.717, 1.165) is 15.1 Å². The summed E-state index contributed by atoms with van der Waals surface area (Å²) in [5.74, 6) is 1.07. The van der Waals surface area contributed by atoms with Crippen molar-refractivity contribution in [1.82, 2.24) is 20.2 Å². The van der Waals surface area contributed by atoms with Gasteiger partial charge in [0.2, 0.25) is 0 Å². The average Bonchev–Trinajstić information content (AvgIpc) is 3.23. The van der Waals surface area contributed by atoms with Crippen LogP contribution in [0.3, 0.4) is 0 Å². The van der Waals surface area contributed by atoms with Crippen molar-refractivity contribution < 1.29 is 9.50 Å². The highest BCUT2D eigenvalue weighted by atomic mass is 32.1. The molecular formula is C17H14FN5OS. The fourth-order valence-electron chi connectivity index (χ4n) is 2.52. The number of H-pyrrole nitrogens is 1. The number of anilines is 2. The van der Waals surface area contributed by atoms with E-state index in [1.54, 1.807) is 12.3 Å². The monoisotopic (exact) mass is 355 g/mol. The normalized spacial score (nSPS) is 12.4. The molecule has 0 saturated heterocycles. The Labute approximate surface area is 146 Å². The summed E-state index contributed by atoms with van der Waals surface area (Å²) in [5.41, 5.74) is 0.528. The van der Waals surface area contributed by atoms with E-state index in [-0.39, 0.29) is 11.6 Å². The van der Waals surface area contributed by atoms with Gasteiger partial charge in [-0.15, -0.1) is 11.3 Å². The number of benzene rings is 1. The Morgan fingerprint density at radius 1 is 1.20 bits per heavy atom. The summed E-state index contributed by atoms with van der Waals surface area (Å²) in [6.07, 6.45) is 0.653. The molecule has 126 valence electrons. The largest absolute Gasteiger partial charge is 0.380 e. The minimum absolute atomic E-state index is 0.249. The molecule has 3 aromatic heterocycles. The molecule has 4 rings (SSSR count). The molecule has 0 radical (unpaired) electrons. The van der Waals surface area contributed by atoms with Crippen molar-refractivity contribution in [2.45, 2.75) is 13.0 Å². The number of nitrogens with zero attached hydrogens (tertiary/aromatic N) is 3. The quantitative estimate of drug-likeness (QED) is 0.520. The molecule has 0 aliphatic rings. The topological polar surface area (TPSA) is 86.7 Å². The van der Waals surface area contributed by atoms with Crippen molar-refractivity contribution in [2.24, 2.45) is 0 Å². The van der Waals surface area contributed by atoms with E-state index in [0.29, 0.717) is 17.2 Å². The van der Waals surface area contributed by atoms with E-state index in [9.17, 15) is 9.50 Å². The molecule has 0 fully saturated rings. The summed E-state index contributed by atoms with van der Waals surface area (Å²) in [5, 5.41) is 21.4. The summed E-state index contributed by atoms with van der Waals surface area (Å²) in [6, 6.07) is 9.42. The Kier molecular flexibility index (Phi) is 3.90. The van der Waals surface area contributed by atoms with Crippen LogP contribution < -0.4 is 5.32 Å². The van der Waals surface area contributed by atoms with Gasteiger partial charge in [0.25, 0.3) is 0 Å². The Morgan fingerprint density at radius 2 is 2.00 bits per heavy atom. The first kappa shape index (κ1) is 15.7. The van der Waals surface area contributed by atoms with Gasteiger partial charge in [-0.3, -0.25) is 5.10 Å². The molecule has 0 saturated carbocycles. The number of aromatic nitrogens is 4. The minimum atomic E-state index is -1.05. The van der Waals surface area contributed by atoms with Gasteiger partial charge in [0.05, 0.1) is 5.39 Å². The number of aliphatic hydroxyl groups excluding tert-OH is 1. The first-order valence-corrected chi connectivity index (χ1v) is 8.40. The molecule has 3 heterocycles. The second-order valence-corrected chi connectivity index (χ2v) is 6.78. The number of nitrogens with one attached hydrogen (secondary N) is 2. The first-order chi connectivity index (χ1) is 12.1. The molecular weight excluding hydrogens is 341 g/mol. The van der Waals surface area contributed by atoms with E-state index < -0.39 is 6.10 Å². The van der Waals surface area contributed by atoms with E-state index in [4.69, 9.17) is 0 Å². The Hall–Kier alpha value is -2.84. The molecule has 0 aliphatic heterocycles. The Morgan fingerprint density at radius 3 is 2.72 bits per heavy atom. The lowest BCUT2D eigenvalue weighted by Gasteiger charge is -2.12. The van der Waals surface area contributed by atoms with Gasteiger partial charge in [-0.2, -0.15) is 5.10 Å². The van der Waals surface area contributed by atoms with Gasteiger partial charge >= 0.3 is 0 Å². The van der Waals surface area contributed by atoms with Crippen molar-refractivity contribution in [3.63, 3.8) is 0 Å². The summed E-state index contributed by atoms with van der Waals surface area (Å²) in [6.45, 7) is 1.99. The molecule has 0 bridgehead atoms. The lowest BCUT2D eigenvalue weighted by molar-refractivity contribution is 0.210. The smallest absolute Gasteiger partial charge is 0.165 e. The van der Waals surface area contributed by atoms with Crippen LogP contribution in [0.25, 0.3) is 10.2 Å². The van der Waals surface area contributed by atoms with Gasteiger partial charge in [-0.05, 0) is 30.7 Å². The van der Waals surface area contributed by atoms with Crippen molar-refractivity contribution in [2.75, 3.05) is 5.32 Å². The number of aryl methyl sites for hydroxylation is 1. The van der Waals surface area contributed by atoms with Crippen LogP contribution in [-0.4, -0.2) is 25.3 Å². The highest BCUT2D eigenvalue weighted by Gasteiger charge is 2.18. The zero-order valence-corrected chi connectivity index (χ0v) is 14.0. The molecule has 0 spiro atoms. The summed E-state index contributed by atoms with van der Waals surface area (Å²) < 4.78 is 13.1. The van der Waals surface area contributed by atoms with Gasteiger partial charge in [0, 0.05) is 17.1 Å². The Bertz CT molecular complexity index is 1010. The van der Waals surface area contributed by atoms with Gasteiger partial charge in [-0.25, -0.2) is 14.4 Å². The number of rotatable bonds is 4. The maximum atomic E-state index is 13.1. The van der Waals surface area contributed by atoms with Crippen LogP contribution in [-0.2, 0) is 0 Å². The van der Waals surface area contributed by atoms with E-state index in [2.05, 4.69) is 25.5 Å². The van der Waals surface area contributed by atoms with Crippen molar-refractivity contribution in [3.05, 3.63) is 64.7 Å². The molecule has 1 unspecified atom stereocenters. The second-order valence-electron chi connectivity index (χ2n) is 5.54. The first-order valence-electron chi connectivity index (χ1n) is 7.58. The summed E-state index contributed by atoms with van der Waals surface area (Å²) in [4.78, 5) is 10.8. The van der Waals surface area contributed by atoms with Crippen molar-refractivity contribution >= 4 is 33.2 Å². The standard InChI is InChI=1S/C17H14FN5OS/c1-9-8-12-15(20-13-6-7-19-23-13)21-16(22-17(12)25-9)14(24)10-2-4-11(18)5-3-10/h2-8,14,24H,1H3,(H2,19,20,21,22,23). The van der Waals surface area contributed by atoms with Crippen LogP contribution in [0.5, 0.6) is 0 Å². The van der Waals surface area contributed by atoms with Gasteiger partial charge in [-0.1, -0.05) is 12.1 Å². The lowest BCUT2D eigenvalue weighted by atomic mass is 10.1. The molecule has 4 aromatic rings. The van der Waals surface area contributed by atoms with Crippen molar-refractivity contribution in [3.8, 4) is 0 Å². The Balaban J connectivity index is 1.79. The minimum Gasteiger partial charge on any atom is -0.380 e. The second kappa shape index (κ2) is 6.23. The fourth-order valence-corrected chi connectivity index (χ4v) is 3.41. The summed E-state index contributed by atoms with van der Waals surface area (Å²) >= 11 is 1.52. The average molecular weight is 355 g/mol. The number of aliphatic hydroxyl groups is 1. The van der Waals surface area contributed by atoms with Crippen LogP contribution in [0.2, 0.25) is 0 Å². The molecule has 1 aromatic carbocycles. The van der Waals surface area contributed by atoms with Gasteiger partial charge < -0.3 is 10.4 Å². The van der Waals surface area contributed by atoms with Gasteiger partial charge in [0.1, 0.15) is 22.6 Å². The third-order valence-electron chi connectivity index (χ3n) is 3.71. The number of halogens is 1. The number of fused-ring (bicyclic) bond motifs is 1. The van der Waals surface area contributed by atoms with Crippen LogP contribution in [0.1, 0.15) is 22.4 Å². The number of hydrogen-bond donors (Lipinski definition) is 3. The maximum Gasteiger partial charge on any atom is 0.165 e. The summed E-state index contributed by atoms with van der Waals surface area (Å²) in [7, 11) is 0. The molecule has 25 heavy (non-hydrogen) atoms. The number of hydrogen-bond acceptors (Lipinski definition) is 6. The molecule has 0 aliphatic carbocycles. The lowest BCUT2D eigenvalue weighted by Crippen LogP contribution is -2.07. The zero-order valence-electron chi connectivity index (χ0n) is 13.2. The number of aromatic amines is 1. The third kappa shape index (κ3) is 3.09. The highest BCUT2D eigenvalue weighted by Crippen LogP contribution is 2.32. The van der Waals surface area contributed by atoms with Gasteiger partial charge in [0.15, 0.2) is 11.6 Å². The molecule has 8 heteroatoms. The fraction of sp³-hybridized carbons (Fsp3) is 0.118. The van der Waals surface area contributed by atoms with Crippen LogP contribution in [0.4, 0.5) is 16.0 Å². The van der Waals surface area contributed by atoms with Crippen LogP contribution in [0, 0.1) is 12.7 Å². The predicted octanol–water partition coefficient (Wildman–Crippen LogP) is 3.69. The molecule has 0 amide bonds. The molecule has 6 nitrogen and oxygen atoms in total. The zero-order chi connectivity index (χ0) is 17.4. The van der Waals surface area contributed by atoms with Crippen LogP contribution in [0.15, 0.2) is 42.6 Å².